The zero-order valence-electron chi connectivity index (χ0n) is 38.1. The van der Waals surface area contributed by atoms with Gasteiger partial charge in [-0.05, 0) is 67.3 Å². The van der Waals surface area contributed by atoms with Gasteiger partial charge >= 0.3 is 0 Å². The van der Waals surface area contributed by atoms with Gasteiger partial charge in [0.05, 0.1) is 23.3 Å². The van der Waals surface area contributed by atoms with Gasteiger partial charge in [0.25, 0.3) is 0 Å². The van der Waals surface area contributed by atoms with E-state index in [1.807, 2.05) is 84.9 Å². The van der Waals surface area contributed by atoms with Crippen LogP contribution in [0.2, 0.25) is 0 Å². The normalized spacial score (nSPS) is 11.4. The lowest BCUT2D eigenvalue weighted by atomic mass is 10.0. The highest BCUT2D eigenvalue weighted by atomic mass is 28.3. The molecule has 0 spiro atoms. The monoisotopic (exact) mass is 909 g/mol. The predicted octanol–water partition coefficient (Wildman–Crippen LogP) is 13.2. The Morgan fingerprint density at radius 3 is 1.41 bits per heavy atom. The van der Waals surface area contributed by atoms with E-state index in [9.17, 15) is 0 Å². The number of hydrogen-bond donors (Lipinski definition) is 0. The SMILES string of the molecule is [C-]#[N+]c1ccccc1-c1ccc2c3ccccc3n(-c3cc(-c4cccc([Si](c5ccccc5)(c5ccccc5)c5ccccc5)c4)ccc3-c3nc(-c4ccccc4)nc(-c4ccccc4)n3)c2c1. The molecule has 70 heavy (non-hydrogen) atoms. The summed E-state index contributed by atoms with van der Waals surface area (Å²) in [6.45, 7) is 8.05. The number of hydrogen-bond acceptors (Lipinski definition) is 3. The molecular formula is C64H43N5Si. The van der Waals surface area contributed by atoms with Crippen molar-refractivity contribution in [2.45, 2.75) is 0 Å². The van der Waals surface area contributed by atoms with Crippen molar-refractivity contribution in [1.29, 1.82) is 0 Å². The molecule has 0 atom stereocenters. The maximum atomic E-state index is 8.05. The summed E-state index contributed by atoms with van der Waals surface area (Å²) in [6, 6.07) is 92.4. The Balaban J connectivity index is 1.15. The summed E-state index contributed by atoms with van der Waals surface area (Å²) in [7, 11) is -2.84. The van der Waals surface area contributed by atoms with E-state index in [1.54, 1.807) is 0 Å². The second-order valence-electron chi connectivity index (χ2n) is 17.4. The van der Waals surface area contributed by atoms with Crippen molar-refractivity contribution in [1.82, 2.24) is 19.5 Å². The van der Waals surface area contributed by atoms with E-state index < -0.39 is 8.07 Å². The molecule has 2 aromatic heterocycles. The minimum atomic E-state index is -2.84. The summed E-state index contributed by atoms with van der Waals surface area (Å²) in [5, 5.41) is 7.47. The van der Waals surface area contributed by atoms with Crippen LogP contribution in [0.3, 0.4) is 0 Å². The standard InChI is InChI=1S/C64H43N5Si/c1-65-58-36-19-17-34-54(58)49-39-40-56-55-35-18-20-37-59(55)69(60(56)44-49)61-43-48(38-41-57(61)64-67-62(45-22-7-2-8-23-45)66-63(68-64)46-24-9-3-10-25-46)47-26-21-33-53(42-47)70(50-27-11-4-12-28-50,51-29-13-5-14-30-51)52-31-15-6-16-32-52/h2-44H. The zero-order chi connectivity index (χ0) is 46.9. The number of aromatic nitrogens is 4. The molecule has 5 nitrogen and oxygen atoms in total. The van der Waals surface area contributed by atoms with E-state index in [2.05, 4.69) is 185 Å². The molecule has 0 saturated heterocycles. The van der Waals surface area contributed by atoms with E-state index in [4.69, 9.17) is 21.5 Å². The van der Waals surface area contributed by atoms with Gasteiger partial charge in [0.1, 0.15) is 0 Å². The van der Waals surface area contributed by atoms with Crippen LogP contribution >= 0.6 is 0 Å². The molecule has 0 saturated carbocycles. The van der Waals surface area contributed by atoms with Crippen molar-refractivity contribution in [2.24, 2.45) is 0 Å². The van der Waals surface area contributed by atoms with Gasteiger partial charge in [-0.15, -0.1) is 0 Å². The van der Waals surface area contributed by atoms with Crippen LogP contribution in [-0.4, -0.2) is 27.6 Å². The fraction of sp³-hybridized carbons (Fsp3) is 0. The topological polar surface area (TPSA) is 48.0 Å². The van der Waals surface area contributed by atoms with Crippen molar-refractivity contribution in [3.63, 3.8) is 0 Å². The maximum Gasteiger partial charge on any atom is 0.194 e. The van der Waals surface area contributed by atoms with Gasteiger partial charge in [-0.1, -0.05) is 237 Å². The summed E-state index contributed by atoms with van der Waals surface area (Å²) in [5.41, 5.74) is 10.3. The number of benzene rings is 10. The molecule has 0 aliphatic rings. The molecule has 12 aromatic rings. The lowest BCUT2D eigenvalue weighted by molar-refractivity contribution is 1.06. The quantitative estimate of drug-likeness (QED) is 0.0780. The Kier molecular flexibility index (Phi) is 10.9. The zero-order valence-corrected chi connectivity index (χ0v) is 39.1. The Hall–Kier alpha value is -9.28. The Bertz CT molecular complexity index is 3730. The average molecular weight is 910 g/mol. The number of fused-ring (bicyclic) bond motifs is 3. The summed E-state index contributed by atoms with van der Waals surface area (Å²) < 4.78 is 2.36. The molecule has 0 N–H and O–H groups in total. The first-order valence-electron chi connectivity index (χ1n) is 23.5. The van der Waals surface area contributed by atoms with E-state index in [0.717, 1.165) is 66.4 Å². The smallest absolute Gasteiger partial charge is 0.194 e. The Morgan fingerprint density at radius 2 is 0.800 bits per heavy atom. The van der Waals surface area contributed by atoms with Crippen molar-refractivity contribution in [2.75, 3.05) is 0 Å². The molecule has 0 bridgehead atoms. The largest absolute Gasteiger partial charge is 0.308 e. The first-order chi connectivity index (χ1) is 34.7. The highest BCUT2D eigenvalue weighted by Gasteiger charge is 2.41. The third-order valence-electron chi connectivity index (χ3n) is 13.4. The van der Waals surface area contributed by atoms with Gasteiger partial charge < -0.3 is 4.57 Å². The van der Waals surface area contributed by atoms with E-state index in [0.29, 0.717) is 23.2 Å². The fourth-order valence-electron chi connectivity index (χ4n) is 10.2. The minimum absolute atomic E-state index is 0.562. The molecule has 0 amide bonds. The van der Waals surface area contributed by atoms with E-state index >= 15 is 0 Å². The van der Waals surface area contributed by atoms with Crippen molar-refractivity contribution in [3.8, 4) is 62.1 Å². The van der Waals surface area contributed by atoms with Crippen LogP contribution in [0, 0.1) is 6.57 Å². The van der Waals surface area contributed by atoms with Gasteiger partial charge in [-0.2, -0.15) is 0 Å². The molecule has 2 heterocycles. The molecule has 6 heteroatoms. The first kappa shape index (κ1) is 42.1. The third-order valence-corrected chi connectivity index (χ3v) is 18.2. The highest BCUT2D eigenvalue weighted by Crippen LogP contribution is 2.41. The lowest BCUT2D eigenvalue weighted by Gasteiger charge is -2.34. The fourth-order valence-corrected chi connectivity index (χ4v) is 15.0. The van der Waals surface area contributed by atoms with Gasteiger partial charge in [-0.25, -0.2) is 19.8 Å². The van der Waals surface area contributed by atoms with Crippen LogP contribution < -0.4 is 20.7 Å². The van der Waals surface area contributed by atoms with Crippen LogP contribution in [0.5, 0.6) is 0 Å². The van der Waals surface area contributed by atoms with E-state index in [-0.39, 0.29) is 0 Å². The van der Waals surface area contributed by atoms with Crippen LogP contribution in [0.4, 0.5) is 5.69 Å². The maximum absolute atomic E-state index is 8.05. The predicted molar refractivity (Wildman–Crippen MR) is 291 cm³/mol. The summed E-state index contributed by atoms with van der Waals surface area (Å²) in [6.07, 6.45) is 0. The van der Waals surface area contributed by atoms with Crippen LogP contribution in [-0.2, 0) is 0 Å². The van der Waals surface area contributed by atoms with Gasteiger partial charge in [0.2, 0.25) is 0 Å². The molecular weight excluding hydrogens is 867 g/mol. The molecule has 0 fully saturated rings. The highest BCUT2D eigenvalue weighted by molar-refractivity contribution is 7.19. The van der Waals surface area contributed by atoms with E-state index in [1.165, 1.54) is 20.7 Å². The van der Waals surface area contributed by atoms with Crippen LogP contribution in [0.25, 0.3) is 88.8 Å². The molecule has 12 rings (SSSR count). The molecule has 0 aliphatic carbocycles. The summed E-state index contributed by atoms with van der Waals surface area (Å²) in [5.74, 6) is 1.75. The van der Waals surface area contributed by atoms with Gasteiger partial charge in [-0.3, -0.25) is 0 Å². The molecule has 0 aliphatic heterocycles. The first-order valence-corrected chi connectivity index (χ1v) is 25.5. The number of nitrogens with zero attached hydrogens (tertiary/aromatic N) is 5. The molecule has 10 aromatic carbocycles. The average Bonchev–Trinajstić information content (AvgIpc) is 3.78. The molecule has 328 valence electrons. The third kappa shape index (κ3) is 7.39. The van der Waals surface area contributed by atoms with Crippen LogP contribution in [0.1, 0.15) is 0 Å². The van der Waals surface area contributed by atoms with Crippen molar-refractivity contribution < 1.29 is 0 Å². The number of para-hydroxylation sites is 2. The summed E-state index contributed by atoms with van der Waals surface area (Å²) in [4.78, 5) is 19.6. The van der Waals surface area contributed by atoms with Crippen LogP contribution in [0.15, 0.2) is 261 Å². The molecule has 0 radical (unpaired) electrons. The summed E-state index contributed by atoms with van der Waals surface area (Å²) >= 11 is 0. The Labute approximate surface area is 408 Å². The Morgan fingerprint density at radius 1 is 0.329 bits per heavy atom. The van der Waals surface area contributed by atoms with Crippen molar-refractivity contribution >= 4 is 56.3 Å². The molecule has 0 unspecified atom stereocenters. The second-order valence-corrected chi connectivity index (χ2v) is 21.2. The van der Waals surface area contributed by atoms with Gasteiger partial charge in [0, 0.05) is 27.5 Å². The second kappa shape index (κ2) is 18.1. The minimum Gasteiger partial charge on any atom is -0.308 e. The number of rotatable bonds is 10. The van der Waals surface area contributed by atoms with Crippen molar-refractivity contribution in [3.05, 3.63) is 272 Å². The lowest BCUT2D eigenvalue weighted by Crippen LogP contribution is -2.74. The van der Waals surface area contributed by atoms with Gasteiger partial charge in [0.15, 0.2) is 31.2 Å².